The third-order valence-electron chi connectivity index (χ3n) is 1.65. The van der Waals surface area contributed by atoms with Crippen LogP contribution < -0.4 is 0 Å². The normalized spacial score (nSPS) is 10.5. The number of rotatable bonds is 1. The fourth-order valence-electron chi connectivity index (χ4n) is 1.09. The lowest BCUT2D eigenvalue weighted by Gasteiger charge is -1.99. The van der Waals surface area contributed by atoms with E-state index in [9.17, 15) is 13.2 Å². The summed E-state index contributed by atoms with van der Waals surface area (Å²) in [5, 5.41) is 0. The first-order valence-electron chi connectivity index (χ1n) is 3.73. The number of benzene rings is 1. The van der Waals surface area contributed by atoms with Crippen LogP contribution in [0.5, 0.6) is 0 Å². The maximum atomic E-state index is 13.1. The van der Waals surface area contributed by atoms with E-state index < -0.39 is 23.0 Å². The molecule has 1 heterocycles. The van der Waals surface area contributed by atoms with Crippen LogP contribution in [0.15, 0.2) is 29.0 Å². The molecule has 0 saturated heterocycles. The van der Waals surface area contributed by atoms with Crippen molar-refractivity contribution < 1.29 is 17.6 Å². The molecule has 0 aliphatic heterocycles. The highest BCUT2D eigenvalue weighted by atomic mass is 19.1. The summed E-state index contributed by atoms with van der Waals surface area (Å²) in [5.41, 5.74) is -0.462. The van der Waals surface area contributed by atoms with Crippen molar-refractivity contribution in [3.8, 4) is 11.5 Å². The second-order valence-corrected chi connectivity index (χ2v) is 2.58. The SMILES string of the molecule is Fc1cc(F)c(-c2ncco2)c(F)c1. The van der Waals surface area contributed by atoms with Crippen molar-refractivity contribution in [1.82, 2.24) is 4.98 Å². The Hall–Kier alpha value is -1.78. The van der Waals surface area contributed by atoms with Crippen molar-refractivity contribution in [2.75, 3.05) is 0 Å². The van der Waals surface area contributed by atoms with Crippen LogP contribution in [0.4, 0.5) is 13.2 Å². The van der Waals surface area contributed by atoms with Crippen LogP contribution in [-0.4, -0.2) is 4.98 Å². The van der Waals surface area contributed by atoms with E-state index in [0.29, 0.717) is 12.1 Å². The predicted molar refractivity (Wildman–Crippen MR) is 41.8 cm³/mol. The van der Waals surface area contributed by atoms with Crippen molar-refractivity contribution >= 4 is 0 Å². The quantitative estimate of drug-likeness (QED) is 0.705. The molecule has 72 valence electrons. The van der Waals surface area contributed by atoms with Crippen LogP contribution in [0.1, 0.15) is 0 Å². The van der Waals surface area contributed by atoms with Gasteiger partial charge in [-0.2, -0.15) is 0 Å². The Morgan fingerprint density at radius 2 is 1.71 bits per heavy atom. The summed E-state index contributed by atoms with van der Waals surface area (Å²) in [6.07, 6.45) is 2.43. The zero-order valence-electron chi connectivity index (χ0n) is 6.80. The van der Waals surface area contributed by atoms with Crippen LogP contribution in [0.2, 0.25) is 0 Å². The van der Waals surface area contributed by atoms with Gasteiger partial charge in [0.1, 0.15) is 29.3 Å². The summed E-state index contributed by atoms with van der Waals surface area (Å²) in [6, 6.07) is 1.14. The Balaban J connectivity index is 2.64. The van der Waals surface area contributed by atoms with E-state index in [1.54, 1.807) is 0 Å². The third kappa shape index (κ3) is 1.37. The standard InChI is InChI=1S/C9H4F3NO/c10-5-3-6(11)8(7(12)4-5)9-13-1-2-14-9/h1-4H. The molecule has 0 aliphatic rings. The minimum absolute atomic E-state index is 0.208. The van der Waals surface area contributed by atoms with Gasteiger partial charge in [0.25, 0.3) is 0 Å². The molecule has 0 aliphatic carbocycles. The van der Waals surface area contributed by atoms with E-state index in [-0.39, 0.29) is 5.89 Å². The lowest BCUT2D eigenvalue weighted by Crippen LogP contribution is -1.92. The molecular formula is C9H4F3NO. The monoisotopic (exact) mass is 199 g/mol. The minimum Gasteiger partial charge on any atom is -0.444 e. The second-order valence-electron chi connectivity index (χ2n) is 2.58. The highest BCUT2D eigenvalue weighted by molar-refractivity contribution is 5.54. The number of nitrogens with zero attached hydrogens (tertiary/aromatic N) is 1. The van der Waals surface area contributed by atoms with Crippen molar-refractivity contribution in [2.24, 2.45) is 0 Å². The van der Waals surface area contributed by atoms with E-state index >= 15 is 0 Å². The van der Waals surface area contributed by atoms with Gasteiger partial charge < -0.3 is 4.42 Å². The Labute approximate surface area is 77.0 Å². The zero-order valence-corrected chi connectivity index (χ0v) is 6.80. The summed E-state index contributed by atoms with van der Waals surface area (Å²) in [5.74, 6) is -3.26. The Bertz CT molecular complexity index is 430. The molecule has 0 bridgehead atoms. The molecule has 1 aromatic heterocycles. The van der Waals surface area contributed by atoms with Crippen molar-refractivity contribution in [3.05, 3.63) is 42.0 Å². The predicted octanol–water partition coefficient (Wildman–Crippen LogP) is 2.76. The average molecular weight is 199 g/mol. The molecule has 0 radical (unpaired) electrons. The van der Waals surface area contributed by atoms with Crippen LogP contribution in [-0.2, 0) is 0 Å². The van der Waals surface area contributed by atoms with Gasteiger partial charge in [-0.15, -0.1) is 0 Å². The maximum Gasteiger partial charge on any atom is 0.231 e. The number of hydrogen-bond donors (Lipinski definition) is 0. The summed E-state index contributed by atoms with van der Waals surface area (Å²) in [4.78, 5) is 3.57. The summed E-state index contributed by atoms with van der Waals surface area (Å²) in [7, 11) is 0. The topological polar surface area (TPSA) is 26.0 Å². The number of aromatic nitrogens is 1. The molecule has 0 atom stereocenters. The largest absolute Gasteiger partial charge is 0.444 e. The fraction of sp³-hybridized carbons (Fsp3) is 0. The number of halogens is 3. The summed E-state index contributed by atoms with van der Waals surface area (Å²) in [6.45, 7) is 0. The average Bonchev–Trinajstić information content (AvgIpc) is 2.54. The van der Waals surface area contributed by atoms with E-state index in [2.05, 4.69) is 4.98 Å². The molecule has 14 heavy (non-hydrogen) atoms. The first-order valence-corrected chi connectivity index (χ1v) is 3.73. The molecule has 0 N–H and O–H groups in total. The van der Waals surface area contributed by atoms with Gasteiger partial charge >= 0.3 is 0 Å². The van der Waals surface area contributed by atoms with Crippen molar-refractivity contribution in [2.45, 2.75) is 0 Å². The van der Waals surface area contributed by atoms with E-state index in [1.807, 2.05) is 0 Å². The first kappa shape index (κ1) is 8.80. The Morgan fingerprint density at radius 1 is 1.07 bits per heavy atom. The first-order chi connectivity index (χ1) is 6.68. The lowest BCUT2D eigenvalue weighted by molar-refractivity contribution is 0.524. The third-order valence-corrected chi connectivity index (χ3v) is 1.65. The lowest BCUT2D eigenvalue weighted by atomic mass is 10.2. The fourth-order valence-corrected chi connectivity index (χ4v) is 1.09. The smallest absolute Gasteiger partial charge is 0.231 e. The summed E-state index contributed by atoms with van der Waals surface area (Å²) >= 11 is 0. The molecule has 5 heteroatoms. The molecule has 2 rings (SSSR count). The van der Waals surface area contributed by atoms with Gasteiger partial charge in [0.05, 0.1) is 6.20 Å². The van der Waals surface area contributed by atoms with E-state index in [4.69, 9.17) is 4.42 Å². The van der Waals surface area contributed by atoms with Gasteiger partial charge in [-0.1, -0.05) is 0 Å². The molecule has 2 aromatic rings. The Kier molecular flexibility index (Phi) is 1.99. The zero-order chi connectivity index (χ0) is 10.1. The molecule has 1 aromatic carbocycles. The summed E-state index contributed by atoms with van der Waals surface area (Å²) < 4.78 is 43.4. The molecule has 0 spiro atoms. The van der Waals surface area contributed by atoms with E-state index in [1.165, 1.54) is 12.5 Å². The van der Waals surface area contributed by atoms with Crippen molar-refractivity contribution in [3.63, 3.8) is 0 Å². The molecule has 0 fully saturated rings. The van der Waals surface area contributed by atoms with Gasteiger partial charge in [-0.05, 0) is 0 Å². The molecular weight excluding hydrogens is 195 g/mol. The second kappa shape index (κ2) is 3.17. The minimum atomic E-state index is -1.04. The number of hydrogen-bond acceptors (Lipinski definition) is 2. The molecule has 0 amide bonds. The van der Waals surface area contributed by atoms with E-state index in [0.717, 1.165) is 0 Å². The highest BCUT2D eigenvalue weighted by Gasteiger charge is 2.16. The van der Waals surface area contributed by atoms with Crippen molar-refractivity contribution in [1.29, 1.82) is 0 Å². The van der Waals surface area contributed by atoms with Gasteiger partial charge in [0, 0.05) is 12.1 Å². The van der Waals surface area contributed by atoms with Crippen LogP contribution >= 0.6 is 0 Å². The van der Waals surface area contributed by atoms with Gasteiger partial charge in [-0.3, -0.25) is 0 Å². The van der Waals surface area contributed by atoms with Crippen LogP contribution in [0, 0.1) is 17.5 Å². The molecule has 2 nitrogen and oxygen atoms in total. The van der Waals surface area contributed by atoms with Gasteiger partial charge in [0.15, 0.2) is 0 Å². The maximum absolute atomic E-state index is 13.1. The van der Waals surface area contributed by atoms with Crippen LogP contribution in [0.3, 0.4) is 0 Å². The molecule has 0 saturated carbocycles. The Morgan fingerprint density at radius 3 is 2.21 bits per heavy atom. The highest BCUT2D eigenvalue weighted by Crippen LogP contribution is 2.25. The number of oxazole rings is 1. The van der Waals surface area contributed by atoms with Crippen LogP contribution in [0.25, 0.3) is 11.5 Å². The van der Waals surface area contributed by atoms with Gasteiger partial charge in [-0.25, -0.2) is 18.2 Å². The molecule has 0 unspecified atom stereocenters. The van der Waals surface area contributed by atoms with Gasteiger partial charge in [0.2, 0.25) is 5.89 Å².